The van der Waals surface area contributed by atoms with E-state index in [0.717, 1.165) is 24.5 Å². The number of hydrogen-bond acceptors (Lipinski definition) is 5. The Morgan fingerprint density at radius 1 is 1.06 bits per heavy atom. The zero-order valence-electron chi connectivity index (χ0n) is 20.1. The van der Waals surface area contributed by atoms with Crippen LogP contribution in [0.25, 0.3) is 5.82 Å². The minimum atomic E-state index is -4.53. The van der Waals surface area contributed by atoms with Gasteiger partial charge in [-0.15, -0.1) is 0 Å². The van der Waals surface area contributed by atoms with Gasteiger partial charge in [-0.1, -0.05) is 32.9 Å². The van der Waals surface area contributed by atoms with Crippen LogP contribution in [0, 0.1) is 5.41 Å². The number of carboxylic acids is 1. The van der Waals surface area contributed by atoms with Crippen molar-refractivity contribution < 1.29 is 27.9 Å². The molecule has 3 N–H and O–H groups in total. The number of carbonyl (C=O) groups is 2. The van der Waals surface area contributed by atoms with Gasteiger partial charge in [-0.25, -0.2) is 9.97 Å². The largest absolute Gasteiger partial charge is 0.481 e. The van der Waals surface area contributed by atoms with Gasteiger partial charge in [-0.2, -0.15) is 13.2 Å². The van der Waals surface area contributed by atoms with Gasteiger partial charge in [0.05, 0.1) is 24.3 Å². The summed E-state index contributed by atoms with van der Waals surface area (Å²) in [4.78, 5) is 30.5. The summed E-state index contributed by atoms with van der Waals surface area (Å²) >= 11 is 0. The van der Waals surface area contributed by atoms with Gasteiger partial charge < -0.3 is 15.7 Å². The van der Waals surface area contributed by atoms with Gasteiger partial charge in [0.25, 0.3) is 5.91 Å². The molecule has 0 aliphatic rings. The van der Waals surface area contributed by atoms with Gasteiger partial charge in [0.15, 0.2) is 5.69 Å². The van der Waals surface area contributed by atoms with Crippen LogP contribution >= 0.6 is 0 Å². The van der Waals surface area contributed by atoms with E-state index in [1.807, 2.05) is 12.1 Å². The van der Waals surface area contributed by atoms with Crippen molar-refractivity contribution in [3.05, 3.63) is 71.9 Å². The van der Waals surface area contributed by atoms with Crippen molar-refractivity contribution in [2.24, 2.45) is 5.41 Å². The Bertz CT molecular complexity index is 1180. The second-order valence-electron chi connectivity index (χ2n) is 9.55. The monoisotopic (exact) mass is 503 g/mol. The van der Waals surface area contributed by atoms with E-state index >= 15 is 0 Å². The van der Waals surface area contributed by atoms with E-state index in [4.69, 9.17) is 5.11 Å². The Labute approximate surface area is 206 Å². The van der Waals surface area contributed by atoms with E-state index < -0.39 is 17.8 Å². The topological polar surface area (TPSA) is 109 Å². The molecule has 3 rings (SSSR count). The fraction of sp³-hybridized carbons (Fsp3) is 0.360. The number of aromatic nitrogens is 3. The average molecular weight is 504 g/mol. The first-order valence-electron chi connectivity index (χ1n) is 11.3. The average Bonchev–Trinajstić information content (AvgIpc) is 3.29. The number of carboxylic acid groups (broad SMARTS) is 1. The molecule has 2 aromatic heterocycles. The quantitative estimate of drug-likeness (QED) is 0.376. The summed E-state index contributed by atoms with van der Waals surface area (Å²) in [5, 5.41) is 14.7. The molecule has 3 aromatic rings. The lowest BCUT2D eigenvalue weighted by Gasteiger charge is -2.28. The van der Waals surface area contributed by atoms with E-state index in [-0.39, 0.29) is 30.3 Å². The van der Waals surface area contributed by atoms with Crippen LogP contribution in [0.15, 0.2) is 55.1 Å². The van der Waals surface area contributed by atoms with Crippen LogP contribution < -0.4 is 10.6 Å². The number of imidazole rings is 1. The maximum Gasteiger partial charge on any atom is 0.434 e. The molecule has 8 nitrogen and oxygen atoms in total. The summed E-state index contributed by atoms with van der Waals surface area (Å²) in [5.41, 5.74) is 1.00. The van der Waals surface area contributed by atoms with Crippen LogP contribution in [-0.4, -0.2) is 38.1 Å². The predicted octanol–water partition coefficient (Wildman–Crippen LogP) is 5.08. The highest BCUT2D eigenvalue weighted by molar-refractivity contribution is 5.94. The summed E-state index contributed by atoms with van der Waals surface area (Å²) in [6.45, 7) is 6.35. The van der Waals surface area contributed by atoms with Crippen LogP contribution in [0.5, 0.6) is 0 Å². The van der Waals surface area contributed by atoms with Crippen LogP contribution in [0.3, 0.4) is 0 Å². The van der Waals surface area contributed by atoms with Crippen LogP contribution in [0.1, 0.15) is 61.3 Å². The van der Waals surface area contributed by atoms with Crippen LogP contribution in [-0.2, 0) is 11.0 Å². The Morgan fingerprint density at radius 2 is 1.75 bits per heavy atom. The lowest BCUT2D eigenvalue weighted by molar-refractivity contribution is -0.141. The highest BCUT2D eigenvalue weighted by Gasteiger charge is 2.33. The molecule has 0 aliphatic heterocycles. The van der Waals surface area contributed by atoms with Gasteiger partial charge in [0.1, 0.15) is 12.1 Å². The minimum Gasteiger partial charge on any atom is -0.481 e. The number of amides is 1. The molecular weight excluding hydrogens is 475 g/mol. The molecule has 192 valence electrons. The first-order valence-corrected chi connectivity index (χ1v) is 11.3. The fourth-order valence-electron chi connectivity index (χ4n) is 3.54. The van der Waals surface area contributed by atoms with Gasteiger partial charge in [0, 0.05) is 18.3 Å². The smallest absolute Gasteiger partial charge is 0.434 e. The number of pyridine rings is 1. The van der Waals surface area contributed by atoms with Crippen LogP contribution in [0.4, 0.5) is 18.9 Å². The van der Waals surface area contributed by atoms with Crippen molar-refractivity contribution in [1.29, 1.82) is 0 Å². The zero-order chi connectivity index (χ0) is 26.5. The molecule has 0 radical (unpaired) electrons. The maximum absolute atomic E-state index is 12.8. The van der Waals surface area contributed by atoms with Crippen molar-refractivity contribution in [3.63, 3.8) is 0 Å². The number of nitrogens with one attached hydrogen (secondary N) is 2. The number of benzene rings is 1. The number of carbonyl (C=O) groups excluding carboxylic acids is 1. The molecule has 0 bridgehead atoms. The summed E-state index contributed by atoms with van der Waals surface area (Å²) in [6.07, 6.45) is -0.435. The van der Waals surface area contributed by atoms with E-state index in [1.165, 1.54) is 4.57 Å². The van der Waals surface area contributed by atoms with E-state index in [0.29, 0.717) is 17.1 Å². The van der Waals surface area contributed by atoms with Crippen molar-refractivity contribution in [2.45, 2.75) is 45.8 Å². The molecule has 0 aliphatic carbocycles. The third kappa shape index (κ3) is 7.56. The lowest BCUT2D eigenvalue weighted by atomic mass is 9.85. The van der Waals surface area contributed by atoms with Crippen molar-refractivity contribution in [2.75, 3.05) is 11.9 Å². The van der Waals surface area contributed by atoms with Gasteiger partial charge in [-0.05, 0) is 41.7 Å². The molecule has 36 heavy (non-hydrogen) atoms. The maximum atomic E-state index is 12.8. The van der Waals surface area contributed by atoms with Crippen LogP contribution in [0.2, 0.25) is 0 Å². The number of halogens is 3. The number of hydrogen-bond donors (Lipinski definition) is 3. The number of rotatable bonds is 9. The molecule has 1 atom stereocenters. The minimum absolute atomic E-state index is 0.0390. The van der Waals surface area contributed by atoms with Crippen molar-refractivity contribution >= 4 is 17.6 Å². The van der Waals surface area contributed by atoms with Gasteiger partial charge in [-0.3, -0.25) is 14.2 Å². The number of aliphatic carboxylic acids is 1. The number of nitrogens with zero attached hydrogens (tertiary/aromatic N) is 3. The zero-order valence-corrected chi connectivity index (χ0v) is 20.1. The molecule has 1 unspecified atom stereocenters. The van der Waals surface area contributed by atoms with E-state index in [2.05, 4.69) is 41.4 Å². The highest BCUT2D eigenvalue weighted by Crippen LogP contribution is 2.33. The number of anilines is 1. The molecule has 11 heteroatoms. The summed E-state index contributed by atoms with van der Waals surface area (Å²) < 4.78 is 39.7. The predicted molar refractivity (Wildman–Crippen MR) is 128 cm³/mol. The highest BCUT2D eigenvalue weighted by atomic mass is 19.4. The molecule has 1 amide bonds. The molecule has 0 fully saturated rings. The third-order valence-electron chi connectivity index (χ3n) is 5.24. The summed E-state index contributed by atoms with van der Waals surface area (Å²) in [5.74, 6) is -1.04. The molecule has 0 saturated carbocycles. The first-order chi connectivity index (χ1) is 16.8. The van der Waals surface area contributed by atoms with Gasteiger partial charge in [0.2, 0.25) is 0 Å². The fourth-order valence-corrected chi connectivity index (χ4v) is 3.54. The second kappa shape index (κ2) is 10.8. The normalized spacial score (nSPS) is 12.7. The molecule has 0 saturated heterocycles. The summed E-state index contributed by atoms with van der Waals surface area (Å²) in [6, 6.07) is 10.2. The molecule has 1 aromatic carbocycles. The SMILES string of the molecule is CC(C)(C)CC(Nc1ccc(-n2cnc(C(F)(F)F)c2)nc1)c1ccc(C(=O)NCCC(=O)O)cc1. The lowest BCUT2D eigenvalue weighted by Crippen LogP contribution is -2.26. The van der Waals surface area contributed by atoms with E-state index in [1.54, 1.807) is 30.5 Å². The molecular formula is C25H28F3N5O3. The standard InChI is InChI=1S/C25H28F3N5O3/c1-24(2,3)12-19(16-4-6-17(7-5-16)23(36)29-11-10-22(34)35)32-18-8-9-21(30-13-18)33-14-20(31-15-33)25(26,27)28/h4-9,13-15,19,32H,10-12H2,1-3H3,(H,29,36)(H,34,35). The summed E-state index contributed by atoms with van der Waals surface area (Å²) in [7, 11) is 0. The number of alkyl halides is 3. The van der Waals surface area contributed by atoms with Crippen molar-refractivity contribution in [3.8, 4) is 5.82 Å². The third-order valence-corrected chi connectivity index (χ3v) is 5.24. The second-order valence-corrected chi connectivity index (χ2v) is 9.55. The van der Waals surface area contributed by atoms with Gasteiger partial charge >= 0.3 is 12.1 Å². The van der Waals surface area contributed by atoms with E-state index in [9.17, 15) is 22.8 Å². The Morgan fingerprint density at radius 3 is 2.28 bits per heavy atom. The Balaban J connectivity index is 1.74. The first kappa shape index (κ1) is 26.7. The Kier molecular flexibility index (Phi) is 8.01. The molecule has 2 heterocycles. The Hall–Kier alpha value is -3.89. The molecule has 0 spiro atoms. The van der Waals surface area contributed by atoms with Crippen molar-refractivity contribution in [1.82, 2.24) is 19.9 Å².